The molecule has 3 heteroatoms. The van der Waals surface area contributed by atoms with Crippen LogP contribution >= 0.6 is 27.3 Å². The Morgan fingerprint density at radius 1 is 1.50 bits per heavy atom. The molecule has 1 aromatic heterocycles. The summed E-state index contributed by atoms with van der Waals surface area (Å²) in [7, 11) is 0. The molecular weight excluding hydrogens is 258 g/mol. The molecular formula is C11H18BrNS. The van der Waals surface area contributed by atoms with Crippen molar-refractivity contribution in [2.24, 2.45) is 0 Å². The third-order valence-electron chi connectivity index (χ3n) is 2.22. The Hall–Kier alpha value is 0.110. The van der Waals surface area contributed by atoms with Gasteiger partial charge in [0, 0.05) is 10.2 Å². The van der Waals surface area contributed by atoms with Gasteiger partial charge in [0.05, 0.1) is 10.7 Å². The highest BCUT2D eigenvalue weighted by Gasteiger charge is 2.03. The van der Waals surface area contributed by atoms with Crippen molar-refractivity contribution in [2.75, 3.05) is 0 Å². The van der Waals surface area contributed by atoms with Gasteiger partial charge in [-0.2, -0.15) is 0 Å². The summed E-state index contributed by atoms with van der Waals surface area (Å²) in [6.07, 6.45) is 6.21. The maximum atomic E-state index is 4.46. The highest BCUT2D eigenvalue weighted by Crippen LogP contribution is 2.17. The highest BCUT2D eigenvalue weighted by molar-refractivity contribution is 9.09. The number of thiazole rings is 1. The Balaban J connectivity index is 2.15. The molecule has 0 N–H and O–H groups in total. The van der Waals surface area contributed by atoms with Gasteiger partial charge in [-0.05, 0) is 32.6 Å². The first-order valence-electron chi connectivity index (χ1n) is 5.27. The molecule has 0 aliphatic rings. The summed E-state index contributed by atoms with van der Waals surface area (Å²) in [6.45, 7) is 4.30. The van der Waals surface area contributed by atoms with Crippen LogP contribution in [0.1, 0.15) is 43.3 Å². The van der Waals surface area contributed by atoms with Gasteiger partial charge in [-0.25, -0.2) is 4.98 Å². The van der Waals surface area contributed by atoms with Crippen molar-refractivity contribution < 1.29 is 0 Å². The second kappa shape index (κ2) is 6.57. The van der Waals surface area contributed by atoms with E-state index in [2.05, 4.69) is 40.1 Å². The van der Waals surface area contributed by atoms with Crippen LogP contribution in [0.15, 0.2) is 5.38 Å². The predicted octanol–water partition coefficient (Wildman–Crippen LogP) is 4.34. The fourth-order valence-corrected chi connectivity index (χ4v) is 2.91. The fourth-order valence-electron chi connectivity index (χ4n) is 1.49. The first-order chi connectivity index (χ1) is 6.72. The Bertz CT molecular complexity index is 260. The topological polar surface area (TPSA) is 12.9 Å². The van der Waals surface area contributed by atoms with E-state index in [1.807, 2.05) is 0 Å². The number of nitrogens with zero attached hydrogens (tertiary/aromatic N) is 1. The van der Waals surface area contributed by atoms with E-state index in [1.54, 1.807) is 11.3 Å². The van der Waals surface area contributed by atoms with Gasteiger partial charge in [0.25, 0.3) is 0 Å². The molecule has 0 saturated heterocycles. The molecule has 14 heavy (non-hydrogen) atoms. The molecule has 1 atom stereocenters. The number of hydrogen-bond donors (Lipinski definition) is 0. The van der Waals surface area contributed by atoms with Crippen molar-refractivity contribution in [3.8, 4) is 0 Å². The lowest BCUT2D eigenvalue weighted by Crippen LogP contribution is -1.98. The molecule has 80 valence electrons. The zero-order chi connectivity index (χ0) is 10.4. The summed E-state index contributed by atoms with van der Waals surface area (Å²) in [5.41, 5.74) is 1.27. The summed E-state index contributed by atoms with van der Waals surface area (Å²) in [5.74, 6) is 0. The Morgan fingerprint density at radius 2 is 2.29 bits per heavy atom. The molecule has 0 spiro atoms. The van der Waals surface area contributed by atoms with Gasteiger partial charge in [0.2, 0.25) is 0 Å². The minimum atomic E-state index is 0.701. The second-order valence-corrected chi connectivity index (χ2v) is 5.99. The lowest BCUT2D eigenvalue weighted by atomic mass is 10.1. The third kappa shape index (κ3) is 4.56. The van der Waals surface area contributed by atoms with Gasteiger partial charge >= 0.3 is 0 Å². The van der Waals surface area contributed by atoms with Crippen LogP contribution in [0.5, 0.6) is 0 Å². The van der Waals surface area contributed by atoms with Crippen LogP contribution in [-0.4, -0.2) is 9.81 Å². The average Bonchev–Trinajstić information content (AvgIpc) is 2.52. The number of alkyl halides is 1. The lowest BCUT2D eigenvalue weighted by Gasteiger charge is -2.06. The number of halogens is 1. The number of aryl methyl sites for hydroxylation is 2. The summed E-state index contributed by atoms with van der Waals surface area (Å²) >= 11 is 5.45. The van der Waals surface area contributed by atoms with Crippen LogP contribution < -0.4 is 0 Å². The molecule has 0 radical (unpaired) electrons. The standard InChI is InChI=1S/C11H18BrNS/c1-3-5-10(12)6-4-7-11-8-14-9(2)13-11/h8,10H,3-7H2,1-2H3. The maximum Gasteiger partial charge on any atom is 0.0897 e. The Morgan fingerprint density at radius 3 is 2.86 bits per heavy atom. The van der Waals surface area contributed by atoms with Crippen LogP contribution in [-0.2, 0) is 6.42 Å². The fraction of sp³-hybridized carbons (Fsp3) is 0.727. The molecule has 0 bridgehead atoms. The van der Waals surface area contributed by atoms with E-state index in [0.717, 1.165) is 6.42 Å². The molecule has 0 saturated carbocycles. The quantitative estimate of drug-likeness (QED) is 0.704. The molecule has 0 amide bonds. The number of aromatic nitrogens is 1. The van der Waals surface area contributed by atoms with E-state index in [4.69, 9.17) is 0 Å². The molecule has 1 unspecified atom stereocenters. The first kappa shape index (κ1) is 12.2. The van der Waals surface area contributed by atoms with Gasteiger partial charge in [0.15, 0.2) is 0 Å². The second-order valence-electron chi connectivity index (χ2n) is 3.64. The zero-order valence-electron chi connectivity index (χ0n) is 8.92. The molecule has 0 aromatic carbocycles. The number of hydrogen-bond acceptors (Lipinski definition) is 2. The van der Waals surface area contributed by atoms with E-state index in [-0.39, 0.29) is 0 Å². The minimum absolute atomic E-state index is 0.701. The maximum absolute atomic E-state index is 4.46. The minimum Gasteiger partial charge on any atom is -0.247 e. The lowest BCUT2D eigenvalue weighted by molar-refractivity contribution is 0.651. The normalized spacial score (nSPS) is 13.1. The molecule has 1 nitrogen and oxygen atoms in total. The van der Waals surface area contributed by atoms with Crippen LogP contribution in [0, 0.1) is 6.92 Å². The van der Waals surface area contributed by atoms with Crippen molar-refractivity contribution in [3.05, 3.63) is 16.1 Å². The van der Waals surface area contributed by atoms with E-state index in [9.17, 15) is 0 Å². The van der Waals surface area contributed by atoms with Crippen LogP contribution in [0.2, 0.25) is 0 Å². The largest absolute Gasteiger partial charge is 0.247 e. The zero-order valence-corrected chi connectivity index (χ0v) is 11.3. The van der Waals surface area contributed by atoms with Gasteiger partial charge < -0.3 is 0 Å². The average molecular weight is 276 g/mol. The summed E-state index contributed by atoms with van der Waals surface area (Å²) in [6, 6.07) is 0. The SMILES string of the molecule is CCCC(Br)CCCc1csc(C)n1. The van der Waals surface area contributed by atoms with E-state index < -0.39 is 0 Å². The monoisotopic (exact) mass is 275 g/mol. The van der Waals surface area contributed by atoms with Crippen LogP contribution in [0.4, 0.5) is 0 Å². The molecule has 0 aliphatic carbocycles. The smallest absolute Gasteiger partial charge is 0.0897 e. The number of rotatable bonds is 6. The molecule has 0 aliphatic heterocycles. The summed E-state index contributed by atoms with van der Waals surface area (Å²) < 4.78 is 0. The van der Waals surface area contributed by atoms with Gasteiger partial charge in [-0.15, -0.1) is 11.3 Å². The van der Waals surface area contributed by atoms with Crippen molar-refractivity contribution in [3.63, 3.8) is 0 Å². The molecule has 0 fully saturated rings. The van der Waals surface area contributed by atoms with E-state index in [0.29, 0.717) is 4.83 Å². The van der Waals surface area contributed by atoms with Crippen LogP contribution in [0.25, 0.3) is 0 Å². The van der Waals surface area contributed by atoms with Crippen molar-refractivity contribution in [1.29, 1.82) is 0 Å². The molecule has 1 heterocycles. The highest BCUT2D eigenvalue weighted by atomic mass is 79.9. The van der Waals surface area contributed by atoms with Crippen LogP contribution in [0.3, 0.4) is 0 Å². The van der Waals surface area contributed by atoms with Crippen molar-refractivity contribution >= 4 is 27.3 Å². The van der Waals surface area contributed by atoms with Crippen molar-refractivity contribution in [1.82, 2.24) is 4.98 Å². The third-order valence-corrected chi connectivity index (χ3v) is 3.96. The first-order valence-corrected chi connectivity index (χ1v) is 7.07. The summed E-state index contributed by atoms with van der Waals surface area (Å²) in [5, 5.41) is 3.36. The van der Waals surface area contributed by atoms with Gasteiger partial charge in [-0.1, -0.05) is 29.3 Å². The van der Waals surface area contributed by atoms with Crippen molar-refractivity contribution in [2.45, 2.75) is 50.8 Å². The molecule has 1 rings (SSSR count). The van der Waals surface area contributed by atoms with Gasteiger partial charge in [-0.3, -0.25) is 0 Å². The summed E-state index contributed by atoms with van der Waals surface area (Å²) in [4.78, 5) is 5.16. The predicted molar refractivity (Wildman–Crippen MR) is 67.4 cm³/mol. The van der Waals surface area contributed by atoms with E-state index >= 15 is 0 Å². The van der Waals surface area contributed by atoms with Gasteiger partial charge in [0.1, 0.15) is 0 Å². The Kier molecular flexibility index (Phi) is 5.71. The molecule has 1 aromatic rings. The van der Waals surface area contributed by atoms with E-state index in [1.165, 1.54) is 36.4 Å². The Labute approximate surface area is 99.1 Å².